The average molecular weight is 261 g/mol. The van der Waals surface area contributed by atoms with Crippen LogP contribution < -0.4 is 10.6 Å². The number of rotatable bonds is 5. The summed E-state index contributed by atoms with van der Waals surface area (Å²) < 4.78 is 0. The van der Waals surface area contributed by atoms with E-state index in [1.807, 2.05) is 0 Å². The number of hydrogen-bond acceptors (Lipinski definition) is 4. The van der Waals surface area contributed by atoms with Gasteiger partial charge in [0.05, 0.1) is 23.7 Å². The number of aryl methyl sites for hydroxylation is 2. The van der Waals surface area contributed by atoms with Crippen LogP contribution in [0.1, 0.15) is 11.1 Å². The van der Waals surface area contributed by atoms with Crippen molar-refractivity contribution < 1.29 is 9.72 Å². The smallest absolute Gasteiger partial charge is 0.274 e. The van der Waals surface area contributed by atoms with Gasteiger partial charge in [0.1, 0.15) is 0 Å². The Kier molecular flexibility index (Phi) is 5.03. The molecule has 100 valence electrons. The zero-order valence-corrected chi connectivity index (χ0v) is 10.8. The molecule has 0 aliphatic rings. The molecule has 1 rings (SSSR count). The van der Waals surface area contributed by atoms with Crippen LogP contribution in [0.15, 0.2) is 12.1 Å². The third kappa shape index (κ3) is 4.08. The van der Waals surface area contributed by atoms with Crippen molar-refractivity contribution >= 4 is 17.3 Å². The predicted octanol–water partition coefficient (Wildman–Crippen LogP) is 1.37. The molecule has 0 fully saturated rings. The van der Waals surface area contributed by atoms with Crippen molar-refractivity contribution in [3.05, 3.63) is 33.4 Å². The van der Waals surface area contributed by atoms with Gasteiger partial charge in [0.25, 0.3) is 5.69 Å². The number of carbonyl (C=O) groups excluding carboxylic acids is 1. The zero-order valence-electron chi connectivity index (χ0n) is 10.8. The first kappa shape index (κ1) is 14.7. The number of benzene rings is 1. The Hall–Kier alpha value is -2.39. The molecule has 0 aromatic heterocycles. The van der Waals surface area contributed by atoms with Gasteiger partial charge in [0, 0.05) is 11.6 Å². The highest BCUT2D eigenvalue weighted by Gasteiger charge is 2.14. The summed E-state index contributed by atoms with van der Waals surface area (Å²) in [5.74, 6) is 2.05. The molecule has 0 saturated heterocycles. The Balaban J connectivity index is 2.84. The molecule has 0 aliphatic heterocycles. The second kappa shape index (κ2) is 6.52. The number of nitrogens with zero attached hydrogens (tertiary/aromatic N) is 1. The monoisotopic (exact) mass is 261 g/mol. The van der Waals surface area contributed by atoms with Crippen LogP contribution >= 0.6 is 0 Å². The maximum absolute atomic E-state index is 11.6. The molecule has 19 heavy (non-hydrogen) atoms. The highest BCUT2D eigenvalue weighted by atomic mass is 16.6. The van der Waals surface area contributed by atoms with Crippen molar-refractivity contribution in [3.63, 3.8) is 0 Å². The summed E-state index contributed by atoms with van der Waals surface area (Å²) in [6.45, 7) is 3.79. The second-order valence-corrected chi connectivity index (χ2v) is 4.07. The summed E-state index contributed by atoms with van der Waals surface area (Å²) >= 11 is 0. The van der Waals surface area contributed by atoms with Crippen LogP contribution in [0.5, 0.6) is 0 Å². The van der Waals surface area contributed by atoms with Gasteiger partial charge in [-0.3, -0.25) is 20.2 Å². The summed E-state index contributed by atoms with van der Waals surface area (Å²) in [4.78, 5) is 22.0. The van der Waals surface area contributed by atoms with Crippen molar-refractivity contribution in [3.8, 4) is 12.3 Å². The van der Waals surface area contributed by atoms with Crippen LogP contribution in [0.2, 0.25) is 0 Å². The van der Waals surface area contributed by atoms with Crippen LogP contribution in [-0.2, 0) is 4.79 Å². The van der Waals surface area contributed by atoms with E-state index in [2.05, 4.69) is 16.6 Å². The number of nitro groups is 1. The number of carbonyl (C=O) groups is 1. The van der Waals surface area contributed by atoms with E-state index in [-0.39, 0.29) is 18.1 Å². The van der Waals surface area contributed by atoms with E-state index in [0.717, 1.165) is 5.56 Å². The van der Waals surface area contributed by atoms with E-state index in [1.54, 1.807) is 19.9 Å². The average Bonchev–Trinajstić information content (AvgIpc) is 2.32. The number of nitrogens with one attached hydrogen (secondary N) is 2. The lowest BCUT2D eigenvalue weighted by molar-refractivity contribution is -0.385. The molecular weight excluding hydrogens is 246 g/mol. The summed E-state index contributed by atoms with van der Waals surface area (Å²) in [7, 11) is 0. The number of terminal acetylenes is 1. The summed E-state index contributed by atoms with van der Waals surface area (Å²) in [5, 5.41) is 16.2. The number of amides is 1. The van der Waals surface area contributed by atoms with Gasteiger partial charge in [-0.25, -0.2) is 0 Å². The summed E-state index contributed by atoms with van der Waals surface area (Å²) in [6, 6.07) is 3.03. The number of anilines is 1. The first-order valence-electron chi connectivity index (χ1n) is 5.65. The summed E-state index contributed by atoms with van der Waals surface area (Å²) in [6.07, 6.45) is 5.04. The standard InChI is InChI=1S/C13H15N3O3/c1-4-5-14-8-13(17)15-11-7-12(16(18)19)10(3)6-9(11)2/h1,6-7,14H,5,8H2,2-3H3,(H,15,17). The van der Waals surface area contributed by atoms with Gasteiger partial charge in [-0.1, -0.05) is 5.92 Å². The third-order valence-electron chi connectivity index (χ3n) is 2.53. The Labute approximate surface area is 111 Å². The molecule has 0 aliphatic carbocycles. The molecule has 0 heterocycles. The lowest BCUT2D eigenvalue weighted by Gasteiger charge is -2.09. The van der Waals surface area contributed by atoms with Crippen LogP contribution in [0, 0.1) is 36.3 Å². The Morgan fingerprint density at radius 3 is 2.68 bits per heavy atom. The van der Waals surface area contributed by atoms with Crippen LogP contribution in [0.3, 0.4) is 0 Å². The molecule has 1 amide bonds. The van der Waals surface area contributed by atoms with E-state index >= 15 is 0 Å². The molecule has 0 saturated carbocycles. The molecule has 6 nitrogen and oxygen atoms in total. The molecular formula is C13H15N3O3. The molecule has 0 radical (unpaired) electrons. The van der Waals surface area contributed by atoms with Crippen molar-refractivity contribution in [2.24, 2.45) is 0 Å². The molecule has 6 heteroatoms. The van der Waals surface area contributed by atoms with Gasteiger partial charge in [-0.15, -0.1) is 6.42 Å². The predicted molar refractivity (Wildman–Crippen MR) is 72.9 cm³/mol. The molecule has 0 bridgehead atoms. The second-order valence-electron chi connectivity index (χ2n) is 4.07. The van der Waals surface area contributed by atoms with Crippen LogP contribution in [-0.4, -0.2) is 23.9 Å². The molecule has 1 aromatic rings. The lowest BCUT2D eigenvalue weighted by Crippen LogP contribution is -2.28. The normalized spacial score (nSPS) is 9.74. The minimum Gasteiger partial charge on any atom is -0.324 e. The zero-order chi connectivity index (χ0) is 14.4. The van der Waals surface area contributed by atoms with Crippen LogP contribution in [0.25, 0.3) is 0 Å². The highest BCUT2D eigenvalue weighted by Crippen LogP contribution is 2.26. The minimum absolute atomic E-state index is 0.0162. The van der Waals surface area contributed by atoms with Gasteiger partial charge in [-0.2, -0.15) is 0 Å². The maximum Gasteiger partial charge on any atom is 0.274 e. The van der Waals surface area contributed by atoms with Crippen molar-refractivity contribution in [2.75, 3.05) is 18.4 Å². The first-order valence-corrected chi connectivity index (χ1v) is 5.65. The van der Waals surface area contributed by atoms with Gasteiger partial charge in [0.15, 0.2) is 0 Å². The number of hydrogen-bond donors (Lipinski definition) is 2. The first-order chi connectivity index (χ1) is 8.95. The van der Waals surface area contributed by atoms with E-state index in [1.165, 1.54) is 6.07 Å². The van der Waals surface area contributed by atoms with Gasteiger partial charge >= 0.3 is 0 Å². The van der Waals surface area contributed by atoms with Crippen LogP contribution in [0.4, 0.5) is 11.4 Å². The highest BCUT2D eigenvalue weighted by molar-refractivity contribution is 5.93. The minimum atomic E-state index is -0.471. The number of nitro benzene ring substituents is 1. The Morgan fingerprint density at radius 1 is 1.42 bits per heavy atom. The summed E-state index contributed by atoms with van der Waals surface area (Å²) in [5.41, 5.74) is 1.75. The maximum atomic E-state index is 11.6. The Morgan fingerprint density at radius 2 is 2.11 bits per heavy atom. The van der Waals surface area contributed by atoms with E-state index in [4.69, 9.17) is 6.42 Å². The molecule has 0 unspecified atom stereocenters. The fourth-order valence-corrected chi connectivity index (χ4v) is 1.61. The largest absolute Gasteiger partial charge is 0.324 e. The molecule has 1 aromatic carbocycles. The topological polar surface area (TPSA) is 84.3 Å². The van der Waals surface area contributed by atoms with E-state index in [9.17, 15) is 14.9 Å². The third-order valence-corrected chi connectivity index (χ3v) is 2.53. The fraction of sp³-hybridized carbons (Fsp3) is 0.308. The van der Waals surface area contributed by atoms with E-state index in [0.29, 0.717) is 17.8 Å². The van der Waals surface area contributed by atoms with Crippen molar-refractivity contribution in [1.29, 1.82) is 0 Å². The van der Waals surface area contributed by atoms with Gasteiger partial charge in [-0.05, 0) is 25.5 Å². The SMILES string of the molecule is C#CCNCC(=O)Nc1cc([N+](=O)[O-])c(C)cc1C. The molecule has 2 N–H and O–H groups in total. The quantitative estimate of drug-likeness (QED) is 0.363. The Bertz CT molecular complexity index is 547. The fourth-order valence-electron chi connectivity index (χ4n) is 1.61. The van der Waals surface area contributed by atoms with E-state index < -0.39 is 4.92 Å². The van der Waals surface area contributed by atoms with Crippen molar-refractivity contribution in [2.45, 2.75) is 13.8 Å². The van der Waals surface area contributed by atoms with Gasteiger partial charge < -0.3 is 5.32 Å². The lowest BCUT2D eigenvalue weighted by atomic mass is 10.1. The van der Waals surface area contributed by atoms with Gasteiger partial charge in [0.2, 0.25) is 5.91 Å². The molecule has 0 atom stereocenters. The molecule has 0 spiro atoms. The van der Waals surface area contributed by atoms with Crippen molar-refractivity contribution in [1.82, 2.24) is 5.32 Å².